The number of carbonyl (C=O) groups excluding carboxylic acids is 1. The summed E-state index contributed by atoms with van der Waals surface area (Å²) >= 11 is 3.38. The van der Waals surface area contributed by atoms with Crippen LogP contribution in [0.3, 0.4) is 0 Å². The molecule has 1 heterocycles. The van der Waals surface area contributed by atoms with Crippen molar-refractivity contribution >= 4 is 27.5 Å². The fourth-order valence-electron chi connectivity index (χ4n) is 1.30. The number of aromatic nitrogens is 2. The normalized spacial score (nSPS) is 10.1. The molecule has 4 nitrogen and oxygen atoms in total. The van der Waals surface area contributed by atoms with E-state index < -0.39 is 0 Å². The van der Waals surface area contributed by atoms with E-state index in [1.807, 2.05) is 25.1 Å². The molecule has 0 saturated carbocycles. The van der Waals surface area contributed by atoms with Crippen molar-refractivity contribution in [3.05, 3.63) is 46.2 Å². The molecule has 0 fully saturated rings. The van der Waals surface area contributed by atoms with E-state index in [4.69, 9.17) is 0 Å². The van der Waals surface area contributed by atoms with Gasteiger partial charge in [-0.15, -0.1) is 0 Å². The van der Waals surface area contributed by atoms with Crippen LogP contribution in [0.15, 0.2) is 35.1 Å². The van der Waals surface area contributed by atoms with Crippen LogP contribution in [-0.4, -0.2) is 16.1 Å². The smallest absolute Gasteiger partial charge is 0.258 e. The van der Waals surface area contributed by atoms with Crippen LogP contribution < -0.4 is 5.32 Å². The number of halogens is 1. The lowest BCUT2D eigenvalue weighted by Crippen LogP contribution is -2.11. The number of hydrogen-bond acceptors (Lipinski definition) is 2. The largest absolute Gasteiger partial charge is 0.321 e. The second kappa shape index (κ2) is 4.49. The molecule has 82 valence electrons. The predicted molar refractivity (Wildman–Crippen MR) is 65.4 cm³/mol. The summed E-state index contributed by atoms with van der Waals surface area (Å²) in [5.41, 5.74) is 2.35. The van der Waals surface area contributed by atoms with E-state index in [0.717, 1.165) is 15.7 Å². The van der Waals surface area contributed by atoms with Crippen molar-refractivity contribution in [1.82, 2.24) is 10.2 Å². The number of hydrogen-bond donors (Lipinski definition) is 2. The van der Waals surface area contributed by atoms with Gasteiger partial charge in [0.15, 0.2) is 0 Å². The average Bonchev–Trinajstić information content (AvgIpc) is 2.76. The lowest BCUT2D eigenvalue weighted by molar-refractivity contribution is 0.102. The van der Waals surface area contributed by atoms with Crippen molar-refractivity contribution in [1.29, 1.82) is 0 Å². The molecule has 0 aliphatic rings. The molecule has 0 unspecified atom stereocenters. The highest BCUT2D eigenvalue weighted by Crippen LogP contribution is 2.23. The molecule has 2 rings (SSSR count). The highest BCUT2D eigenvalue weighted by Gasteiger charge is 2.08. The maximum atomic E-state index is 11.7. The number of carbonyl (C=O) groups is 1. The summed E-state index contributed by atoms with van der Waals surface area (Å²) in [6, 6.07) is 5.78. The molecule has 1 aromatic heterocycles. The van der Waals surface area contributed by atoms with Crippen molar-refractivity contribution in [2.24, 2.45) is 0 Å². The summed E-state index contributed by atoms with van der Waals surface area (Å²) in [4.78, 5) is 11.7. The van der Waals surface area contributed by atoms with Gasteiger partial charge in [-0.05, 0) is 40.5 Å². The first-order chi connectivity index (χ1) is 7.66. The van der Waals surface area contributed by atoms with Crippen LogP contribution in [0.5, 0.6) is 0 Å². The first-order valence-corrected chi connectivity index (χ1v) is 5.52. The lowest BCUT2D eigenvalue weighted by Gasteiger charge is -2.06. The Morgan fingerprint density at radius 3 is 3.00 bits per heavy atom. The predicted octanol–water partition coefficient (Wildman–Crippen LogP) is 2.73. The molecular weight excluding hydrogens is 270 g/mol. The Labute approximate surface area is 101 Å². The Morgan fingerprint density at radius 1 is 1.50 bits per heavy atom. The molecule has 0 saturated heterocycles. The molecule has 1 aromatic carbocycles. The van der Waals surface area contributed by atoms with Crippen LogP contribution in [-0.2, 0) is 0 Å². The van der Waals surface area contributed by atoms with E-state index >= 15 is 0 Å². The van der Waals surface area contributed by atoms with E-state index in [0.29, 0.717) is 5.56 Å². The van der Waals surface area contributed by atoms with Crippen molar-refractivity contribution < 1.29 is 4.79 Å². The van der Waals surface area contributed by atoms with E-state index in [-0.39, 0.29) is 5.91 Å². The number of nitrogens with zero attached hydrogens (tertiary/aromatic N) is 1. The zero-order valence-electron chi connectivity index (χ0n) is 8.62. The van der Waals surface area contributed by atoms with E-state index in [1.54, 1.807) is 6.20 Å². The highest BCUT2D eigenvalue weighted by atomic mass is 79.9. The maximum absolute atomic E-state index is 11.7. The quantitative estimate of drug-likeness (QED) is 0.888. The minimum atomic E-state index is -0.181. The topological polar surface area (TPSA) is 57.8 Å². The van der Waals surface area contributed by atoms with Crippen molar-refractivity contribution in [2.45, 2.75) is 6.92 Å². The molecule has 0 bridgehead atoms. The van der Waals surface area contributed by atoms with Crippen molar-refractivity contribution in [2.75, 3.05) is 5.32 Å². The molecule has 2 aromatic rings. The van der Waals surface area contributed by atoms with Gasteiger partial charge in [-0.3, -0.25) is 9.89 Å². The SMILES string of the molecule is Cc1ccc(Br)c(NC(=O)c2cn[nH]c2)c1. The number of rotatable bonds is 2. The van der Waals surface area contributed by atoms with Gasteiger partial charge in [-0.25, -0.2) is 0 Å². The van der Waals surface area contributed by atoms with Gasteiger partial charge in [-0.1, -0.05) is 6.07 Å². The molecule has 0 spiro atoms. The molecule has 16 heavy (non-hydrogen) atoms. The van der Waals surface area contributed by atoms with Crippen LogP contribution in [0.4, 0.5) is 5.69 Å². The van der Waals surface area contributed by atoms with Gasteiger partial charge in [0.1, 0.15) is 0 Å². The van der Waals surface area contributed by atoms with Gasteiger partial charge in [0.05, 0.1) is 17.4 Å². The van der Waals surface area contributed by atoms with Crippen molar-refractivity contribution in [3.63, 3.8) is 0 Å². The monoisotopic (exact) mass is 279 g/mol. The summed E-state index contributed by atoms with van der Waals surface area (Å²) in [5.74, 6) is -0.181. The number of benzene rings is 1. The first kappa shape index (κ1) is 10.9. The van der Waals surface area contributed by atoms with Crippen LogP contribution in [0, 0.1) is 6.92 Å². The Balaban J connectivity index is 2.21. The molecule has 0 radical (unpaired) electrons. The lowest BCUT2D eigenvalue weighted by atomic mass is 10.2. The Morgan fingerprint density at radius 2 is 2.31 bits per heavy atom. The minimum absolute atomic E-state index is 0.181. The summed E-state index contributed by atoms with van der Waals surface area (Å²) in [6.45, 7) is 1.97. The third-order valence-corrected chi connectivity index (χ3v) is 2.82. The summed E-state index contributed by atoms with van der Waals surface area (Å²) in [7, 11) is 0. The fraction of sp³-hybridized carbons (Fsp3) is 0.0909. The van der Waals surface area contributed by atoms with Gasteiger partial charge >= 0.3 is 0 Å². The molecular formula is C11H10BrN3O. The number of aromatic amines is 1. The van der Waals surface area contributed by atoms with Crippen LogP contribution >= 0.6 is 15.9 Å². The molecule has 5 heteroatoms. The summed E-state index contributed by atoms with van der Waals surface area (Å²) in [6.07, 6.45) is 3.04. The Bertz CT molecular complexity index is 508. The fourth-order valence-corrected chi connectivity index (χ4v) is 1.65. The first-order valence-electron chi connectivity index (χ1n) is 4.73. The van der Waals surface area contributed by atoms with Crippen LogP contribution in [0.1, 0.15) is 15.9 Å². The van der Waals surface area contributed by atoms with Crippen molar-refractivity contribution in [3.8, 4) is 0 Å². The second-order valence-corrected chi connectivity index (χ2v) is 4.28. The zero-order valence-corrected chi connectivity index (χ0v) is 10.2. The Hall–Kier alpha value is -1.62. The van der Waals surface area contributed by atoms with Crippen LogP contribution in [0.25, 0.3) is 0 Å². The number of H-pyrrole nitrogens is 1. The van der Waals surface area contributed by atoms with Gasteiger partial charge < -0.3 is 5.32 Å². The van der Waals surface area contributed by atoms with Crippen LogP contribution in [0.2, 0.25) is 0 Å². The highest BCUT2D eigenvalue weighted by molar-refractivity contribution is 9.10. The van der Waals surface area contributed by atoms with E-state index in [1.165, 1.54) is 6.20 Å². The van der Waals surface area contributed by atoms with E-state index in [2.05, 4.69) is 31.4 Å². The Kier molecular flexibility index (Phi) is 3.05. The van der Waals surface area contributed by atoms with Gasteiger partial charge in [-0.2, -0.15) is 5.10 Å². The van der Waals surface area contributed by atoms with Gasteiger partial charge in [0.25, 0.3) is 5.91 Å². The number of anilines is 1. The molecule has 1 amide bonds. The van der Waals surface area contributed by atoms with Gasteiger partial charge in [0.2, 0.25) is 0 Å². The third kappa shape index (κ3) is 2.30. The molecule has 0 aliphatic heterocycles. The average molecular weight is 280 g/mol. The molecule has 0 atom stereocenters. The third-order valence-electron chi connectivity index (χ3n) is 2.13. The number of aryl methyl sites for hydroxylation is 1. The van der Waals surface area contributed by atoms with E-state index in [9.17, 15) is 4.79 Å². The number of amides is 1. The summed E-state index contributed by atoms with van der Waals surface area (Å²) in [5, 5.41) is 9.13. The standard InChI is InChI=1S/C11H10BrN3O/c1-7-2-3-9(12)10(4-7)15-11(16)8-5-13-14-6-8/h2-6H,1H3,(H,13,14)(H,15,16). The molecule has 0 aliphatic carbocycles. The second-order valence-electron chi connectivity index (χ2n) is 3.42. The number of nitrogens with one attached hydrogen (secondary N) is 2. The zero-order chi connectivity index (χ0) is 11.5. The van der Waals surface area contributed by atoms with Gasteiger partial charge in [0, 0.05) is 10.7 Å². The molecule has 2 N–H and O–H groups in total. The minimum Gasteiger partial charge on any atom is -0.321 e. The maximum Gasteiger partial charge on any atom is 0.258 e. The summed E-state index contributed by atoms with van der Waals surface area (Å²) < 4.78 is 0.856.